The lowest BCUT2D eigenvalue weighted by Crippen LogP contribution is -2.19. The van der Waals surface area contributed by atoms with E-state index in [1.165, 1.54) is 0 Å². The summed E-state index contributed by atoms with van der Waals surface area (Å²) in [6.45, 7) is 0. The molecule has 0 radical (unpaired) electrons. The third-order valence-electron chi connectivity index (χ3n) is 9.29. The van der Waals surface area contributed by atoms with E-state index < -0.39 is 154 Å². The number of methoxy groups -OCH3 is 6. The Balaban J connectivity index is 1.76. The lowest BCUT2D eigenvalue weighted by molar-refractivity contribution is 0.0574. The van der Waals surface area contributed by atoms with E-state index in [1.54, 1.807) is 0 Å². The Morgan fingerprint density at radius 3 is 0.955 bits per heavy atom. The van der Waals surface area contributed by atoms with Gasteiger partial charge in [-0.2, -0.15) is 0 Å². The molecule has 5 aromatic rings. The van der Waals surface area contributed by atoms with Crippen LogP contribution in [0.15, 0.2) is 81.4 Å². The zero-order valence-electron chi connectivity index (χ0n) is 35.3. The molecule has 24 nitrogen and oxygen atoms in total. The van der Waals surface area contributed by atoms with Gasteiger partial charge in [-0.05, 0) is 66.0 Å². The number of rotatable bonds is 15. The number of hydrogen-bond acceptors (Lipinski definition) is 21. The number of hydrogen-bond donors (Lipinski definition) is 6. The Bertz CT molecular complexity index is 3160. The van der Waals surface area contributed by atoms with Crippen LogP contribution in [0.1, 0.15) is 62.1 Å². The molecule has 5 rings (SSSR count). The van der Waals surface area contributed by atoms with Crippen molar-refractivity contribution in [3.8, 4) is 17.2 Å². The fourth-order valence-corrected chi connectivity index (χ4v) is 9.69. The second-order valence-corrected chi connectivity index (χ2v) is 18.3. The van der Waals surface area contributed by atoms with Crippen molar-refractivity contribution in [1.29, 1.82) is 0 Å². The van der Waals surface area contributed by atoms with Crippen molar-refractivity contribution in [2.45, 2.75) is 14.7 Å². The molecule has 0 atom stereocenters. The van der Waals surface area contributed by atoms with Gasteiger partial charge in [0.2, 0.25) is 0 Å². The molecule has 0 bridgehead atoms. The molecule has 6 N–H and O–H groups in total. The smallest absolute Gasteiger partial charge is 0.341 e. The standard InChI is InChI=1S/C40H35N3O21S3/c1-59-35(47)25-11-19(12-26(32(25)44)36(48)60-2)41-65(53,54)22-7-8-24-18(9-22)10-23(66(55,56)42-20-13-27(37(49)61-3)33(45)28(14-20)38(50)62-4)17-31(24)67(57,58)43-21-15-29(39(51)63-5)34(46)30(16-21)40(52)64-6/h7-17,41-46H,1-6H3. The summed E-state index contributed by atoms with van der Waals surface area (Å²) in [7, 11) is -9.58. The van der Waals surface area contributed by atoms with Gasteiger partial charge in [0.25, 0.3) is 30.1 Å². The van der Waals surface area contributed by atoms with E-state index in [0.29, 0.717) is 6.07 Å². The number of phenols is 3. The molecular formula is C40H35N3O21S3. The molecule has 0 saturated heterocycles. The van der Waals surface area contributed by atoms with Crippen molar-refractivity contribution in [1.82, 2.24) is 0 Å². The van der Waals surface area contributed by atoms with E-state index >= 15 is 0 Å². The first-order chi connectivity index (χ1) is 31.4. The van der Waals surface area contributed by atoms with Crippen molar-refractivity contribution >= 4 is 93.7 Å². The van der Waals surface area contributed by atoms with E-state index in [-0.39, 0.29) is 5.39 Å². The molecule has 0 fully saturated rings. The van der Waals surface area contributed by atoms with Gasteiger partial charge >= 0.3 is 35.8 Å². The van der Waals surface area contributed by atoms with Crippen molar-refractivity contribution in [2.24, 2.45) is 0 Å². The monoisotopic (exact) mass is 989 g/mol. The molecule has 5 aromatic carbocycles. The van der Waals surface area contributed by atoms with Gasteiger partial charge < -0.3 is 43.7 Å². The van der Waals surface area contributed by atoms with Crippen LogP contribution < -0.4 is 14.2 Å². The largest absolute Gasteiger partial charge is 0.506 e. The van der Waals surface area contributed by atoms with Crippen LogP contribution in [0.5, 0.6) is 17.2 Å². The first-order valence-electron chi connectivity index (χ1n) is 18.2. The lowest BCUT2D eigenvalue weighted by atomic mass is 10.1. The van der Waals surface area contributed by atoms with Gasteiger partial charge in [-0.1, -0.05) is 6.07 Å². The summed E-state index contributed by atoms with van der Waals surface area (Å²) in [6.07, 6.45) is 0. The molecule has 0 spiro atoms. The third-order valence-corrected chi connectivity index (χ3v) is 13.4. The minimum absolute atomic E-state index is 0.373. The second kappa shape index (κ2) is 19.1. The summed E-state index contributed by atoms with van der Waals surface area (Å²) in [6, 6.07) is 8.78. The average molecular weight is 990 g/mol. The van der Waals surface area contributed by atoms with Crippen LogP contribution >= 0.6 is 0 Å². The predicted octanol–water partition coefficient (Wildman–Crippen LogP) is 3.08. The highest BCUT2D eigenvalue weighted by Gasteiger charge is 2.30. The molecule has 354 valence electrons. The molecule has 27 heteroatoms. The Morgan fingerprint density at radius 2 is 0.657 bits per heavy atom. The molecule has 0 aromatic heterocycles. The van der Waals surface area contributed by atoms with Gasteiger partial charge in [0, 0.05) is 5.39 Å². The number of fused-ring (bicyclic) bond motifs is 1. The summed E-state index contributed by atoms with van der Waals surface area (Å²) in [5.41, 5.74) is -5.84. The normalized spacial score (nSPS) is 11.4. The summed E-state index contributed by atoms with van der Waals surface area (Å²) in [4.78, 5) is 72.4. The van der Waals surface area contributed by atoms with Gasteiger partial charge in [0.15, 0.2) is 0 Å². The van der Waals surface area contributed by atoms with Gasteiger partial charge in [-0.15, -0.1) is 0 Å². The summed E-state index contributed by atoms with van der Waals surface area (Å²) < 4.78 is 119. The van der Waals surface area contributed by atoms with Crippen molar-refractivity contribution in [3.05, 3.63) is 100 Å². The number of esters is 6. The van der Waals surface area contributed by atoms with E-state index in [0.717, 1.165) is 103 Å². The maximum Gasteiger partial charge on any atom is 0.341 e. The van der Waals surface area contributed by atoms with E-state index in [4.69, 9.17) is 0 Å². The highest BCUT2D eigenvalue weighted by Crippen LogP contribution is 2.36. The first-order valence-corrected chi connectivity index (χ1v) is 22.6. The van der Waals surface area contributed by atoms with Crippen molar-refractivity contribution in [3.63, 3.8) is 0 Å². The number of phenolic OH excluding ortho intramolecular Hbond substituents is 3. The Hall–Kier alpha value is -8.17. The number of carbonyl (C=O) groups is 6. The average Bonchev–Trinajstić information content (AvgIpc) is 3.30. The van der Waals surface area contributed by atoms with Crippen LogP contribution in [0.3, 0.4) is 0 Å². The molecule has 0 aliphatic rings. The van der Waals surface area contributed by atoms with Gasteiger partial charge in [-0.25, -0.2) is 54.0 Å². The fraction of sp³-hybridized carbons (Fsp3) is 0.150. The molecule has 0 amide bonds. The maximum absolute atomic E-state index is 14.4. The number of nitrogens with one attached hydrogen (secondary N) is 3. The molecular weight excluding hydrogens is 955 g/mol. The molecule has 0 saturated carbocycles. The summed E-state index contributed by atoms with van der Waals surface area (Å²) in [5, 5.41) is 31.0. The van der Waals surface area contributed by atoms with Crippen molar-refractivity contribution in [2.75, 3.05) is 56.8 Å². The molecule has 0 unspecified atom stereocenters. The van der Waals surface area contributed by atoms with E-state index in [2.05, 4.69) is 37.9 Å². The fourth-order valence-electron chi connectivity index (χ4n) is 6.14. The molecule has 0 aliphatic heterocycles. The SMILES string of the molecule is COC(=O)c1cc(NS(=O)(=O)c2ccc3c(S(=O)(=O)Nc4cc(C(=O)OC)c(O)c(C(=O)OC)c4)cc(S(=O)(=O)Nc4cc(C(=O)OC)c(O)c(C(=O)OC)c4)cc3c2)cc(C(=O)OC)c1O. The predicted molar refractivity (Wildman–Crippen MR) is 229 cm³/mol. The Labute approximate surface area is 379 Å². The van der Waals surface area contributed by atoms with Gasteiger partial charge in [0.1, 0.15) is 50.6 Å². The minimum Gasteiger partial charge on any atom is -0.506 e. The van der Waals surface area contributed by atoms with Gasteiger partial charge in [0.05, 0.1) is 74.4 Å². The number of ether oxygens (including phenoxy) is 6. The van der Waals surface area contributed by atoms with E-state index in [1.807, 2.05) is 4.72 Å². The van der Waals surface area contributed by atoms with Crippen LogP contribution in [0, 0.1) is 0 Å². The number of aromatic hydroxyl groups is 3. The quantitative estimate of drug-likeness (QED) is 0.0498. The molecule has 0 aliphatic carbocycles. The number of sulfonamides is 3. The lowest BCUT2D eigenvalue weighted by Gasteiger charge is -2.17. The zero-order chi connectivity index (χ0) is 49.9. The maximum atomic E-state index is 14.4. The highest BCUT2D eigenvalue weighted by molar-refractivity contribution is 7.94. The highest BCUT2D eigenvalue weighted by atomic mass is 32.2. The van der Waals surface area contributed by atoms with Crippen LogP contribution in [-0.4, -0.2) is 119 Å². The molecule has 0 heterocycles. The van der Waals surface area contributed by atoms with Crippen LogP contribution in [0.2, 0.25) is 0 Å². The van der Waals surface area contributed by atoms with Crippen LogP contribution in [0.25, 0.3) is 10.8 Å². The Morgan fingerprint density at radius 1 is 0.388 bits per heavy atom. The third kappa shape index (κ3) is 10.1. The van der Waals surface area contributed by atoms with Crippen molar-refractivity contribution < 1.29 is 97.8 Å². The Kier molecular flexibility index (Phi) is 14.2. The summed E-state index contributed by atoms with van der Waals surface area (Å²) in [5.74, 6) is -10.1. The number of anilines is 3. The zero-order valence-corrected chi connectivity index (χ0v) is 37.7. The number of benzene rings is 5. The second-order valence-electron chi connectivity index (χ2n) is 13.3. The topological polar surface area (TPSA) is 357 Å². The van der Waals surface area contributed by atoms with Gasteiger partial charge in [-0.3, -0.25) is 14.2 Å². The van der Waals surface area contributed by atoms with E-state index in [9.17, 15) is 69.3 Å². The molecule has 67 heavy (non-hydrogen) atoms. The minimum atomic E-state index is -5.15. The number of carbonyl (C=O) groups excluding carboxylic acids is 6. The van der Waals surface area contributed by atoms with Crippen LogP contribution in [-0.2, 0) is 58.5 Å². The summed E-state index contributed by atoms with van der Waals surface area (Å²) >= 11 is 0. The van der Waals surface area contributed by atoms with Crippen LogP contribution in [0.4, 0.5) is 17.1 Å². The first kappa shape index (κ1) is 49.8.